The Balaban J connectivity index is 0.000000138. The summed E-state index contributed by atoms with van der Waals surface area (Å²) in [7, 11) is 3.83. The maximum absolute atomic E-state index is 10.3. The van der Waals surface area contributed by atoms with Crippen molar-refractivity contribution in [3.8, 4) is 85.2 Å². The molecular formula is C83H105Cl3N16O8. The molecule has 10 heterocycles. The number of aliphatic hydroxyl groups is 1. The number of phenolic OH excluding ortho intramolecular Hbond substituents is 1. The molecule has 24 nitrogen and oxygen atoms in total. The highest BCUT2D eigenvalue weighted by atomic mass is 35.5. The van der Waals surface area contributed by atoms with E-state index in [1.807, 2.05) is 98.7 Å². The number of rotatable bonds is 23. The number of hydrogen-bond donors (Lipinski definition) is 5. The average molecular weight is 1560 g/mol. The maximum Gasteiger partial charge on any atom is 0.163 e. The molecule has 7 fully saturated rings. The van der Waals surface area contributed by atoms with Gasteiger partial charge in [-0.25, -0.2) is 29.9 Å². The van der Waals surface area contributed by atoms with E-state index in [4.69, 9.17) is 92.5 Å². The third-order valence-corrected chi connectivity index (χ3v) is 23.5. The zero-order chi connectivity index (χ0) is 77.5. The molecule has 16 rings (SSSR count). The number of aromatic nitrogens is 9. The van der Waals surface area contributed by atoms with Crippen LogP contribution in [0.25, 0.3) is 67.9 Å². The van der Waals surface area contributed by atoms with Gasteiger partial charge in [0.05, 0.1) is 72.5 Å². The quantitative estimate of drug-likeness (QED) is 0.0372. The number of likely N-dealkylation sites (tertiary alicyclic amines) is 3. The van der Waals surface area contributed by atoms with Gasteiger partial charge in [0.2, 0.25) is 0 Å². The lowest BCUT2D eigenvalue weighted by Crippen LogP contribution is -2.46. The van der Waals surface area contributed by atoms with Crippen LogP contribution in [0.5, 0.6) is 17.2 Å². The Morgan fingerprint density at radius 1 is 0.491 bits per heavy atom. The fourth-order valence-corrected chi connectivity index (χ4v) is 16.8. The molecule has 0 radical (unpaired) electrons. The van der Waals surface area contributed by atoms with E-state index in [1.165, 1.54) is 38.5 Å². The highest BCUT2D eigenvalue weighted by Crippen LogP contribution is 2.44. The Morgan fingerprint density at radius 3 is 1.15 bits per heavy atom. The molecule has 27 heteroatoms. The zero-order valence-corrected chi connectivity index (χ0v) is 68.0. The number of anilines is 3. The summed E-state index contributed by atoms with van der Waals surface area (Å²) >= 11 is 19.9. The number of halogens is 3. The normalized spacial score (nSPS) is 21.9. The fraction of sp³-hybridized carbons (Fsp3) is 0.530. The third-order valence-electron chi connectivity index (χ3n) is 22.5. The van der Waals surface area contributed by atoms with Crippen molar-refractivity contribution < 1.29 is 38.0 Å². The van der Waals surface area contributed by atoms with Gasteiger partial charge in [0.1, 0.15) is 77.4 Å². The van der Waals surface area contributed by atoms with Crippen LogP contribution in [0.1, 0.15) is 149 Å². The molecule has 0 bridgehead atoms. The van der Waals surface area contributed by atoms with Crippen LogP contribution in [0.2, 0.25) is 15.1 Å². The first-order chi connectivity index (χ1) is 52.8. The largest absolute Gasteiger partial charge is 0.508 e. The summed E-state index contributed by atoms with van der Waals surface area (Å²) in [5.74, 6) is 7.48. The second-order valence-electron chi connectivity index (χ2n) is 31.7. The number of nitrogens with zero attached hydrogens (tertiary/aromatic N) is 13. The van der Waals surface area contributed by atoms with Crippen LogP contribution < -0.4 is 25.4 Å². The number of epoxide rings is 1. The smallest absolute Gasteiger partial charge is 0.163 e. The number of hydrogen-bond acceptors (Lipinski definition) is 24. The molecule has 3 saturated carbocycles. The molecule has 0 amide bonds. The van der Waals surface area contributed by atoms with E-state index in [0.29, 0.717) is 116 Å². The van der Waals surface area contributed by atoms with E-state index in [0.717, 1.165) is 179 Å². The molecule has 8 atom stereocenters. The van der Waals surface area contributed by atoms with Gasteiger partial charge in [0, 0.05) is 114 Å². The number of aryl methyl sites for hydroxylation is 6. The molecule has 110 heavy (non-hydrogen) atoms. The van der Waals surface area contributed by atoms with Crippen LogP contribution in [0.3, 0.4) is 0 Å². The second-order valence-corrected chi connectivity index (χ2v) is 32.9. The van der Waals surface area contributed by atoms with Crippen molar-refractivity contribution >= 4 is 52.3 Å². The summed E-state index contributed by atoms with van der Waals surface area (Å²) in [5, 5.41) is 45.6. The Hall–Kier alpha value is -8.04. The van der Waals surface area contributed by atoms with Crippen molar-refractivity contribution in [2.75, 3.05) is 76.0 Å². The molecule has 586 valence electrons. The summed E-state index contributed by atoms with van der Waals surface area (Å²) in [6.07, 6.45) is 14.0. The lowest BCUT2D eigenvalue weighted by Gasteiger charge is -2.38. The Labute approximate surface area is 660 Å². The molecule has 3 aliphatic carbocycles. The summed E-state index contributed by atoms with van der Waals surface area (Å²) in [5.41, 5.74) is 12.2. The number of benzene rings is 3. The van der Waals surface area contributed by atoms with Crippen LogP contribution >= 0.6 is 34.8 Å². The number of likely N-dealkylation sites (N-methyl/N-ethyl adjacent to an activating group) is 1. The topological polar surface area (TPSA) is 276 Å². The van der Waals surface area contributed by atoms with Gasteiger partial charge >= 0.3 is 0 Å². The van der Waals surface area contributed by atoms with Crippen LogP contribution in [-0.2, 0) is 4.74 Å². The van der Waals surface area contributed by atoms with Crippen molar-refractivity contribution in [1.82, 2.24) is 65.0 Å². The number of aliphatic hydroxyl groups excluding tert-OH is 1. The van der Waals surface area contributed by atoms with Crippen molar-refractivity contribution in [3.63, 3.8) is 0 Å². The van der Waals surface area contributed by atoms with Crippen LogP contribution in [0, 0.1) is 62.3 Å². The third kappa shape index (κ3) is 18.4. The standard InChI is InChI=1S/C30H41ClN6O3.C28H34ClN5O3.C25H30ClN5O2/c1-17-13-21(11-12-37(17)22-7-8-22)32-29-18(2)28(27-19(3)35-40-20(27)4)33-30(34-29)25-14-24(9-10-26(25)31)39-16-23(38)15-36(5)6;1-15-11-19(9-10-34(15)20-5-6-20)30-27-16(2)26(25-17(3)33-37-18(25)4)31-28(32-27)23-12-21(7-8-24(23)29)35-13-22-14-36-22;1-13-11-17(9-10-31(13)18-5-6-18)27-24-14(2)23(22-15(3)30-33-16(22)4)28-25(29-24)20-12-19(32)7-8-21(20)26/h9-10,14,17,21-23,38H,7-8,11-13,15-16H2,1-6H3,(H,32,33,34);7-8,12,15,19-20,22H,5-6,9-11,13-14H2,1-4H3,(H,30,31,32);7-8,12-13,17-18,32H,5-6,9-11H2,1-4H3,(H,27,28,29)/t17-,21-,23+;15-,19-,22-;13-,17-/m000/s1. The van der Waals surface area contributed by atoms with Gasteiger partial charge in [-0.15, -0.1) is 0 Å². The number of phenols is 1. The SMILES string of the molecule is Cc1noc(C)c1-c1nc(-c2cc(O)ccc2Cl)nc(N[C@H]2CCN(C3CC3)[C@@H](C)C2)c1C.Cc1noc(C)c1-c1nc(-c2cc(OC[C@H](O)CN(C)C)ccc2Cl)nc(N[C@H]2CCN(C3CC3)[C@@H](C)C2)c1C.Cc1noc(C)c1-c1nc(-c2cc(OC[C@H]3CO3)ccc2Cl)nc(N[C@H]2CCN(C3CC3)[C@@H](C)C2)c1C. The lowest BCUT2D eigenvalue weighted by molar-refractivity contribution is 0.0831. The molecule has 4 saturated heterocycles. The van der Waals surface area contributed by atoms with Crippen LogP contribution in [-0.4, -0.2) is 202 Å². The molecular weight excluding hydrogens is 1460 g/mol. The highest BCUT2D eigenvalue weighted by molar-refractivity contribution is 6.34. The molecule has 7 aliphatic rings. The first kappa shape index (κ1) is 78.6. The van der Waals surface area contributed by atoms with Gasteiger partial charge in [0.25, 0.3) is 0 Å². The van der Waals surface area contributed by atoms with Crippen LogP contribution in [0.4, 0.5) is 17.5 Å². The minimum Gasteiger partial charge on any atom is -0.508 e. The van der Waals surface area contributed by atoms with Gasteiger partial charge < -0.3 is 58.8 Å². The van der Waals surface area contributed by atoms with Crippen LogP contribution in [0.15, 0.2) is 68.2 Å². The van der Waals surface area contributed by atoms with Crippen molar-refractivity contribution in [2.24, 2.45) is 0 Å². The van der Waals surface area contributed by atoms with Gasteiger partial charge in [-0.2, -0.15) is 0 Å². The predicted octanol–water partition coefficient (Wildman–Crippen LogP) is 16.2. The van der Waals surface area contributed by atoms with Crippen molar-refractivity contribution in [2.45, 2.75) is 227 Å². The van der Waals surface area contributed by atoms with Crippen molar-refractivity contribution in [3.05, 3.63) is 121 Å². The average Bonchev–Trinajstić information content (AvgIpc) is 0.885. The van der Waals surface area contributed by atoms with E-state index in [-0.39, 0.29) is 18.5 Å². The highest BCUT2D eigenvalue weighted by Gasteiger charge is 2.40. The Bertz CT molecular complexity index is 4710. The second kappa shape index (κ2) is 33.7. The summed E-state index contributed by atoms with van der Waals surface area (Å²) in [6.45, 7) is 29.9. The number of piperidine rings is 3. The van der Waals surface area contributed by atoms with E-state index in [2.05, 4.69) is 73.8 Å². The van der Waals surface area contributed by atoms with Gasteiger partial charge in [-0.3, -0.25) is 14.7 Å². The van der Waals surface area contributed by atoms with Gasteiger partial charge in [-0.1, -0.05) is 50.3 Å². The summed E-state index contributed by atoms with van der Waals surface area (Å²) in [4.78, 5) is 39.7. The first-order valence-electron chi connectivity index (χ1n) is 39.1. The van der Waals surface area contributed by atoms with E-state index < -0.39 is 6.10 Å². The van der Waals surface area contributed by atoms with Crippen molar-refractivity contribution in [1.29, 1.82) is 0 Å². The zero-order valence-electron chi connectivity index (χ0n) is 65.8. The summed E-state index contributed by atoms with van der Waals surface area (Å²) in [6, 6.07) is 20.8. The molecule has 6 aromatic heterocycles. The maximum atomic E-state index is 10.3. The molecule has 0 unspecified atom stereocenters. The molecule has 3 aromatic carbocycles. The number of aromatic hydroxyl groups is 1. The van der Waals surface area contributed by atoms with E-state index in [1.54, 1.807) is 30.3 Å². The van der Waals surface area contributed by atoms with E-state index in [9.17, 15) is 10.2 Å². The predicted molar refractivity (Wildman–Crippen MR) is 431 cm³/mol. The molecule has 5 N–H and O–H groups in total. The first-order valence-corrected chi connectivity index (χ1v) is 40.2. The Morgan fingerprint density at radius 2 is 0.836 bits per heavy atom. The minimum absolute atomic E-state index is 0.119. The van der Waals surface area contributed by atoms with Gasteiger partial charge in [-0.05, 0) is 229 Å². The molecule has 4 aliphatic heterocycles. The monoisotopic (exact) mass is 1560 g/mol. The minimum atomic E-state index is -0.611. The van der Waals surface area contributed by atoms with E-state index >= 15 is 0 Å². The molecule has 0 spiro atoms. The number of ether oxygens (including phenoxy) is 3. The molecule has 9 aromatic rings. The summed E-state index contributed by atoms with van der Waals surface area (Å²) < 4.78 is 33.6. The van der Waals surface area contributed by atoms with Gasteiger partial charge in [0.15, 0.2) is 17.5 Å². The fourth-order valence-electron chi connectivity index (χ4n) is 16.2. The lowest BCUT2D eigenvalue weighted by atomic mass is 9.97. The Kier molecular flexibility index (Phi) is 24.1. The number of nitrogens with one attached hydrogen (secondary N) is 3.